The van der Waals surface area contributed by atoms with Crippen molar-refractivity contribution in [3.8, 4) is 11.5 Å². The Bertz CT molecular complexity index is 1200. The highest BCUT2D eigenvalue weighted by atomic mass is 16.6. The van der Waals surface area contributed by atoms with Crippen LogP contribution in [0.2, 0.25) is 0 Å². The van der Waals surface area contributed by atoms with E-state index >= 15 is 0 Å². The number of amides is 2. The second-order valence-electron chi connectivity index (χ2n) is 9.74. The highest BCUT2D eigenvalue weighted by Gasteiger charge is 2.20. The number of rotatable bonds is 9. The number of aromatic amines is 1. The van der Waals surface area contributed by atoms with Gasteiger partial charge in [0.1, 0.15) is 13.2 Å². The first kappa shape index (κ1) is 25.3. The minimum absolute atomic E-state index is 0.0458. The van der Waals surface area contributed by atoms with Gasteiger partial charge in [0.25, 0.3) is 0 Å². The first-order chi connectivity index (χ1) is 18.2. The van der Waals surface area contributed by atoms with Crippen LogP contribution in [0.3, 0.4) is 0 Å². The second-order valence-corrected chi connectivity index (χ2v) is 9.74. The number of nitrogens with zero attached hydrogens (tertiary/aromatic N) is 3. The van der Waals surface area contributed by atoms with Crippen LogP contribution in [0.15, 0.2) is 42.6 Å². The largest absolute Gasteiger partial charge is 0.486 e. The molecule has 0 bridgehead atoms. The number of urea groups is 1. The molecule has 2 N–H and O–H groups in total. The Morgan fingerprint density at radius 2 is 1.81 bits per heavy atom. The van der Waals surface area contributed by atoms with Crippen LogP contribution in [-0.4, -0.2) is 74.9 Å². The predicted molar refractivity (Wildman–Crippen MR) is 149 cm³/mol. The van der Waals surface area contributed by atoms with Gasteiger partial charge in [-0.2, -0.15) is 0 Å². The minimum Gasteiger partial charge on any atom is -0.486 e. The SMILES string of the molecule is CCNC(=O)N(CC)c1ccc2[nH]cc(CCCCN3CCN(c4ccc5c(c4)OCCO5)CC3)c2c1. The van der Waals surface area contributed by atoms with Crippen LogP contribution < -0.4 is 24.6 Å². The maximum atomic E-state index is 12.4. The molecular weight excluding hydrogens is 466 g/mol. The summed E-state index contributed by atoms with van der Waals surface area (Å²) in [4.78, 5) is 22.7. The van der Waals surface area contributed by atoms with Crippen LogP contribution in [-0.2, 0) is 6.42 Å². The highest BCUT2D eigenvalue weighted by Crippen LogP contribution is 2.34. The van der Waals surface area contributed by atoms with Crippen LogP contribution in [0.5, 0.6) is 11.5 Å². The van der Waals surface area contributed by atoms with Gasteiger partial charge in [0.2, 0.25) is 0 Å². The summed E-state index contributed by atoms with van der Waals surface area (Å²) in [6.45, 7) is 11.8. The number of aromatic nitrogens is 1. The Kier molecular flexibility index (Phi) is 8.04. The lowest BCUT2D eigenvalue weighted by Gasteiger charge is -2.36. The van der Waals surface area contributed by atoms with E-state index in [1.165, 1.54) is 23.1 Å². The van der Waals surface area contributed by atoms with Gasteiger partial charge >= 0.3 is 6.03 Å². The molecule has 0 spiro atoms. The molecule has 5 rings (SSSR count). The maximum absolute atomic E-state index is 12.4. The van der Waals surface area contributed by atoms with Crippen molar-refractivity contribution in [2.75, 3.05) is 68.8 Å². The molecule has 0 atom stereocenters. The molecule has 3 aromatic rings. The van der Waals surface area contributed by atoms with Gasteiger partial charge in [-0.25, -0.2) is 4.79 Å². The number of anilines is 2. The molecule has 1 aromatic heterocycles. The lowest BCUT2D eigenvalue weighted by Crippen LogP contribution is -2.46. The molecule has 1 fully saturated rings. The van der Waals surface area contributed by atoms with Crippen LogP contribution in [0.25, 0.3) is 10.9 Å². The molecule has 2 aliphatic heterocycles. The molecule has 2 aromatic carbocycles. The van der Waals surface area contributed by atoms with Gasteiger partial charge in [0.05, 0.1) is 0 Å². The fourth-order valence-electron chi connectivity index (χ4n) is 5.34. The zero-order chi connectivity index (χ0) is 25.6. The lowest BCUT2D eigenvalue weighted by atomic mass is 10.1. The van der Waals surface area contributed by atoms with Crippen molar-refractivity contribution in [2.24, 2.45) is 0 Å². The van der Waals surface area contributed by atoms with Crippen LogP contribution >= 0.6 is 0 Å². The number of piperazine rings is 1. The molecule has 8 nitrogen and oxygen atoms in total. The number of fused-ring (bicyclic) bond motifs is 2. The molecule has 3 heterocycles. The lowest BCUT2D eigenvalue weighted by molar-refractivity contribution is 0.171. The summed E-state index contributed by atoms with van der Waals surface area (Å²) in [5.74, 6) is 1.71. The summed E-state index contributed by atoms with van der Waals surface area (Å²) >= 11 is 0. The van der Waals surface area contributed by atoms with E-state index in [4.69, 9.17) is 9.47 Å². The summed E-state index contributed by atoms with van der Waals surface area (Å²) in [7, 11) is 0. The van der Waals surface area contributed by atoms with Gasteiger partial charge in [0.15, 0.2) is 11.5 Å². The number of carbonyl (C=O) groups excluding carboxylic acids is 1. The number of unbranched alkanes of at least 4 members (excludes halogenated alkanes) is 1. The van der Waals surface area contributed by atoms with E-state index in [2.05, 4.69) is 50.6 Å². The summed E-state index contributed by atoms with van der Waals surface area (Å²) in [5, 5.41) is 4.13. The summed E-state index contributed by atoms with van der Waals surface area (Å²) < 4.78 is 11.4. The van der Waals surface area contributed by atoms with E-state index in [1.807, 2.05) is 26.0 Å². The van der Waals surface area contributed by atoms with Gasteiger partial charge in [-0.1, -0.05) is 0 Å². The van der Waals surface area contributed by atoms with E-state index in [0.717, 1.165) is 68.3 Å². The fourth-order valence-corrected chi connectivity index (χ4v) is 5.34. The Morgan fingerprint density at radius 1 is 1.00 bits per heavy atom. The molecule has 0 radical (unpaired) electrons. The van der Waals surface area contributed by atoms with E-state index in [9.17, 15) is 4.79 Å². The molecule has 0 saturated carbocycles. The molecule has 1 saturated heterocycles. The number of H-pyrrole nitrogens is 1. The normalized spacial score (nSPS) is 15.7. The van der Waals surface area contributed by atoms with Crippen LogP contribution in [0, 0.1) is 0 Å². The van der Waals surface area contributed by atoms with Crippen molar-refractivity contribution in [3.63, 3.8) is 0 Å². The average Bonchev–Trinajstić information content (AvgIpc) is 3.34. The van der Waals surface area contributed by atoms with Crippen molar-refractivity contribution in [3.05, 3.63) is 48.2 Å². The number of aryl methyl sites for hydroxylation is 1. The summed E-state index contributed by atoms with van der Waals surface area (Å²) in [5.41, 5.74) is 4.61. The molecule has 0 aliphatic carbocycles. The van der Waals surface area contributed by atoms with Crippen LogP contribution in [0.4, 0.5) is 16.2 Å². The first-order valence-corrected chi connectivity index (χ1v) is 13.7. The average molecular weight is 506 g/mol. The summed E-state index contributed by atoms with van der Waals surface area (Å²) in [6.07, 6.45) is 5.49. The molecule has 37 heavy (non-hydrogen) atoms. The van der Waals surface area contributed by atoms with Gasteiger partial charge in [0, 0.05) is 73.8 Å². The van der Waals surface area contributed by atoms with Gasteiger partial charge in [-0.15, -0.1) is 0 Å². The van der Waals surface area contributed by atoms with Gasteiger partial charge < -0.3 is 24.7 Å². The third kappa shape index (κ3) is 5.80. The van der Waals surface area contributed by atoms with E-state index in [-0.39, 0.29) is 6.03 Å². The predicted octanol–water partition coefficient (Wildman–Crippen LogP) is 4.64. The van der Waals surface area contributed by atoms with E-state index < -0.39 is 0 Å². The van der Waals surface area contributed by atoms with Gasteiger partial charge in [-0.05, 0) is 75.5 Å². The monoisotopic (exact) mass is 505 g/mol. The molecule has 198 valence electrons. The van der Waals surface area contributed by atoms with Crippen LogP contribution in [0.1, 0.15) is 32.3 Å². The standard InChI is InChI=1S/C29H39N5O3/c1-3-30-29(35)34(4-2)24-8-10-26-25(19-24)22(21-31-26)7-5-6-12-32-13-15-33(16-14-32)23-9-11-27-28(20-23)37-18-17-36-27/h8-11,19-21,31H,3-7,12-18H2,1-2H3,(H,30,35). The Labute approximate surface area is 219 Å². The first-order valence-electron chi connectivity index (χ1n) is 13.7. The van der Waals surface area contributed by atoms with Crippen molar-refractivity contribution in [1.82, 2.24) is 15.2 Å². The van der Waals surface area contributed by atoms with Crippen molar-refractivity contribution in [2.45, 2.75) is 33.1 Å². The zero-order valence-electron chi connectivity index (χ0n) is 22.1. The Hall–Kier alpha value is -3.39. The van der Waals surface area contributed by atoms with Gasteiger partial charge in [-0.3, -0.25) is 9.80 Å². The Balaban J connectivity index is 1.10. The fraction of sp³-hybridized carbons (Fsp3) is 0.483. The van der Waals surface area contributed by atoms with Crippen molar-refractivity contribution in [1.29, 1.82) is 0 Å². The topological polar surface area (TPSA) is 73.1 Å². The van der Waals surface area contributed by atoms with Crippen molar-refractivity contribution < 1.29 is 14.3 Å². The smallest absolute Gasteiger partial charge is 0.321 e. The molecule has 0 unspecified atom stereocenters. The highest BCUT2D eigenvalue weighted by molar-refractivity contribution is 5.95. The number of benzene rings is 2. The number of nitrogens with one attached hydrogen (secondary N) is 2. The number of carbonyl (C=O) groups is 1. The van der Waals surface area contributed by atoms with Crippen molar-refractivity contribution >= 4 is 28.3 Å². The number of hydrogen-bond donors (Lipinski definition) is 2. The third-order valence-corrected chi connectivity index (χ3v) is 7.39. The van der Waals surface area contributed by atoms with E-state index in [0.29, 0.717) is 26.3 Å². The van der Waals surface area contributed by atoms with E-state index in [1.54, 1.807) is 4.90 Å². The maximum Gasteiger partial charge on any atom is 0.321 e. The third-order valence-electron chi connectivity index (χ3n) is 7.39. The second kappa shape index (κ2) is 11.8. The number of ether oxygens (including phenoxy) is 2. The minimum atomic E-state index is -0.0458. The number of hydrogen-bond acceptors (Lipinski definition) is 5. The Morgan fingerprint density at radius 3 is 2.59 bits per heavy atom. The quantitative estimate of drug-likeness (QED) is 0.415. The molecule has 2 amide bonds. The molecule has 8 heteroatoms. The zero-order valence-corrected chi connectivity index (χ0v) is 22.1. The molecule has 2 aliphatic rings. The summed E-state index contributed by atoms with van der Waals surface area (Å²) in [6, 6.07) is 12.5. The molecular formula is C29H39N5O3.